The molecule has 0 heterocycles. The van der Waals surface area contributed by atoms with Crippen LogP contribution in [-0.2, 0) is 9.53 Å². The number of hydrogen-bond donors (Lipinski definition) is 0. The van der Waals surface area contributed by atoms with Gasteiger partial charge in [-0.3, -0.25) is 9.59 Å². The van der Waals surface area contributed by atoms with Gasteiger partial charge in [-0.15, -0.1) is 11.8 Å². The van der Waals surface area contributed by atoms with E-state index >= 15 is 0 Å². The summed E-state index contributed by atoms with van der Waals surface area (Å²) in [6.45, 7) is 1.99. The Bertz CT molecular complexity index is 695. The lowest BCUT2D eigenvalue weighted by atomic mass is 9.96. The third-order valence-corrected chi connectivity index (χ3v) is 4.68. The fraction of sp³-hybridized carbons (Fsp3) is 0.263. The third kappa shape index (κ3) is 4.23. The number of methoxy groups -OCH3 is 1. The van der Waals surface area contributed by atoms with Gasteiger partial charge in [0.1, 0.15) is 5.25 Å². The number of aryl methyl sites for hydroxylation is 1. The van der Waals surface area contributed by atoms with Gasteiger partial charge < -0.3 is 4.74 Å². The third-order valence-electron chi connectivity index (χ3n) is 3.75. The van der Waals surface area contributed by atoms with Gasteiger partial charge in [0.2, 0.25) is 0 Å². The summed E-state index contributed by atoms with van der Waals surface area (Å²) in [7, 11) is 1.34. The SMILES string of the molecule is COC(=O)C(CC(=O)c1ccc(-c2ccccc2)c(C)c1)SC. The molecule has 0 spiro atoms. The first-order valence-corrected chi connectivity index (χ1v) is 8.65. The molecule has 1 unspecified atom stereocenters. The number of ether oxygens (including phenoxy) is 1. The van der Waals surface area contributed by atoms with Gasteiger partial charge in [0.15, 0.2) is 5.78 Å². The summed E-state index contributed by atoms with van der Waals surface area (Å²) in [6.07, 6.45) is 1.95. The normalized spacial score (nSPS) is 11.8. The van der Waals surface area contributed by atoms with Crippen molar-refractivity contribution in [1.29, 1.82) is 0 Å². The molecule has 0 radical (unpaired) electrons. The molecule has 0 aliphatic heterocycles. The van der Waals surface area contributed by atoms with Crippen LogP contribution in [0.5, 0.6) is 0 Å². The molecule has 23 heavy (non-hydrogen) atoms. The van der Waals surface area contributed by atoms with E-state index in [1.165, 1.54) is 18.9 Å². The lowest BCUT2D eigenvalue weighted by molar-refractivity contribution is -0.139. The van der Waals surface area contributed by atoms with Gasteiger partial charge in [-0.2, -0.15) is 0 Å². The molecule has 0 aliphatic carbocycles. The van der Waals surface area contributed by atoms with Crippen LogP contribution in [-0.4, -0.2) is 30.4 Å². The van der Waals surface area contributed by atoms with Crippen molar-refractivity contribution in [3.05, 3.63) is 59.7 Å². The van der Waals surface area contributed by atoms with Crippen molar-refractivity contribution in [2.24, 2.45) is 0 Å². The Morgan fingerprint density at radius 1 is 1.13 bits per heavy atom. The smallest absolute Gasteiger partial charge is 0.319 e. The van der Waals surface area contributed by atoms with Crippen molar-refractivity contribution in [2.45, 2.75) is 18.6 Å². The highest BCUT2D eigenvalue weighted by Gasteiger charge is 2.22. The number of thioether (sulfide) groups is 1. The van der Waals surface area contributed by atoms with Crippen LogP contribution in [0.4, 0.5) is 0 Å². The fourth-order valence-electron chi connectivity index (χ4n) is 2.46. The maximum absolute atomic E-state index is 12.4. The Morgan fingerprint density at radius 3 is 2.39 bits per heavy atom. The molecule has 120 valence electrons. The summed E-state index contributed by atoms with van der Waals surface area (Å²) in [5.41, 5.74) is 3.91. The van der Waals surface area contributed by atoms with Gasteiger partial charge in [-0.25, -0.2) is 0 Å². The van der Waals surface area contributed by atoms with Crippen LogP contribution in [0.3, 0.4) is 0 Å². The minimum absolute atomic E-state index is 0.0440. The van der Waals surface area contributed by atoms with Crippen LogP contribution < -0.4 is 0 Å². The topological polar surface area (TPSA) is 43.4 Å². The lowest BCUT2D eigenvalue weighted by Gasteiger charge is -2.12. The monoisotopic (exact) mass is 328 g/mol. The van der Waals surface area contributed by atoms with Gasteiger partial charge in [-0.1, -0.05) is 42.5 Å². The second kappa shape index (κ2) is 7.97. The summed E-state index contributed by atoms with van der Waals surface area (Å²) in [5, 5.41) is -0.457. The van der Waals surface area contributed by atoms with E-state index < -0.39 is 5.25 Å². The standard InChI is InChI=1S/C19H20O3S/c1-13-11-15(17(20)12-18(23-3)19(21)22-2)9-10-16(13)14-7-5-4-6-8-14/h4-11,18H,12H2,1-3H3. The second-order valence-corrected chi connectivity index (χ2v) is 6.31. The van der Waals surface area contributed by atoms with Crippen molar-refractivity contribution in [2.75, 3.05) is 13.4 Å². The summed E-state index contributed by atoms with van der Waals surface area (Å²) < 4.78 is 4.73. The quantitative estimate of drug-likeness (QED) is 0.590. The molecular weight excluding hydrogens is 308 g/mol. The number of benzene rings is 2. The predicted molar refractivity (Wildman–Crippen MR) is 94.9 cm³/mol. The number of rotatable bonds is 6. The van der Waals surface area contributed by atoms with Crippen LogP contribution in [0.2, 0.25) is 0 Å². The summed E-state index contributed by atoms with van der Waals surface area (Å²) in [4.78, 5) is 24.0. The van der Waals surface area contributed by atoms with E-state index in [1.54, 1.807) is 6.26 Å². The molecule has 0 fully saturated rings. The van der Waals surface area contributed by atoms with Crippen LogP contribution >= 0.6 is 11.8 Å². The molecule has 2 aromatic carbocycles. The second-order valence-electron chi connectivity index (χ2n) is 5.27. The van der Waals surface area contributed by atoms with E-state index in [-0.39, 0.29) is 18.2 Å². The number of ketones is 1. The number of Topliss-reactive ketones (excluding diaryl/α,β-unsaturated/α-hetero) is 1. The zero-order valence-corrected chi connectivity index (χ0v) is 14.4. The first-order chi connectivity index (χ1) is 11.1. The van der Waals surface area contributed by atoms with Gasteiger partial charge in [0, 0.05) is 12.0 Å². The highest BCUT2D eigenvalue weighted by atomic mass is 32.2. The average Bonchev–Trinajstić information content (AvgIpc) is 2.59. The first-order valence-electron chi connectivity index (χ1n) is 7.36. The molecule has 0 N–H and O–H groups in total. The van der Waals surface area contributed by atoms with Crippen molar-refractivity contribution in [1.82, 2.24) is 0 Å². The van der Waals surface area contributed by atoms with Gasteiger partial charge in [0.25, 0.3) is 0 Å². The molecule has 0 bridgehead atoms. The number of hydrogen-bond acceptors (Lipinski definition) is 4. The predicted octanol–water partition coefficient (Wildman–Crippen LogP) is 4.14. The zero-order valence-electron chi connectivity index (χ0n) is 13.5. The zero-order chi connectivity index (χ0) is 16.8. The highest BCUT2D eigenvalue weighted by molar-refractivity contribution is 7.99. The Morgan fingerprint density at radius 2 is 1.83 bits per heavy atom. The Hall–Kier alpha value is -2.07. The summed E-state index contributed by atoms with van der Waals surface area (Å²) in [6, 6.07) is 15.7. The minimum Gasteiger partial charge on any atom is -0.468 e. The van der Waals surface area contributed by atoms with E-state index in [1.807, 2.05) is 55.5 Å². The van der Waals surface area contributed by atoms with Crippen molar-refractivity contribution >= 4 is 23.5 Å². The van der Waals surface area contributed by atoms with E-state index in [2.05, 4.69) is 0 Å². The van der Waals surface area contributed by atoms with Gasteiger partial charge >= 0.3 is 5.97 Å². The van der Waals surface area contributed by atoms with E-state index in [0.717, 1.165) is 16.7 Å². The molecule has 0 aromatic heterocycles. The van der Waals surface area contributed by atoms with Crippen molar-refractivity contribution in [3.8, 4) is 11.1 Å². The molecule has 0 amide bonds. The highest BCUT2D eigenvalue weighted by Crippen LogP contribution is 2.25. The Balaban J connectivity index is 2.20. The van der Waals surface area contributed by atoms with Crippen molar-refractivity contribution in [3.63, 3.8) is 0 Å². The summed E-state index contributed by atoms with van der Waals surface area (Å²) in [5.74, 6) is -0.402. The number of esters is 1. The molecule has 3 nitrogen and oxygen atoms in total. The minimum atomic E-state index is -0.457. The molecule has 2 aromatic rings. The molecule has 1 atom stereocenters. The molecule has 4 heteroatoms. The lowest BCUT2D eigenvalue weighted by Crippen LogP contribution is -2.22. The van der Waals surface area contributed by atoms with Gasteiger partial charge in [0.05, 0.1) is 7.11 Å². The van der Waals surface area contributed by atoms with Crippen LogP contribution in [0.15, 0.2) is 48.5 Å². The fourth-order valence-corrected chi connectivity index (χ4v) is 3.07. The molecule has 2 rings (SSSR count). The van der Waals surface area contributed by atoms with Crippen LogP contribution in [0.1, 0.15) is 22.3 Å². The molecular formula is C19H20O3S. The number of carbonyl (C=O) groups is 2. The Kier molecular flexibility index (Phi) is 5.99. The summed E-state index contributed by atoms with van der Waals surface area (Å²) >= 11 is 1.33. The van der Waals surface area contributed by atoms with E-state index in [9.17, 15) is 9.59 Å². The van der Waals surface area contributed by atoms with E-state index in [4.69, 9.17) is 4.74 Å². The molecule has 0 aliphatic rings. The van der Waals surface area contributed by atoms with Crippen LogP contribution in [0, 0.1) is 6.92 Å². The van der Waals surface area contributed by atoms with E-state index in [0.29, 0.717) is 5.56 Å². The maximum Gasteiger partial charge on any atom is 0.319 e. The first kappa shape index (κ1) is 17.3. The van der Waals surface area contributed by atoms with Crippen molar-refractivity contribution < 1.29 is 14.3 Å². The molecule has 0 saturated carbocycles. The van der Waals surface area contributed by atoms with Gasteiger partial charge in [-0.05, 0) is 35.9 Å². The number of carbonyl (C=O) groups excluding carboxylic acids is 2. The van der Waals surface area contributed by atoms with Crippen LogP contribution in [0.25, 0.3) is 11.1 Å². The maximum atomic E-state index is 12.4. The Labute approximate surface area is 141 Å². The average molecular weight is 328 g/mol. The molecule has 0 saturated heterocycles. The largest absolute Gasteiger partial charge is 0.468 e.